The minimum absolute atomic E-state index is 0.0199. The van der Waals surface area contributed by atoms with Gasteiger partial charge in [0, 0.05) is 6.54 Å². The number of nitrogens with one attached hydrogen (secondary N) is 1. The van der Waals surface area contributed by atoms with Crippen molar-refractivity contribution in [2.45, 2.75) is 52.1 Å². The molecule has 3 nitrogen and oxygen atoms in total. The molecule has 0 heterocycles. The Morgan fingerprint density at radius 2 is 1.95 bits per heavy atom. The summed E-state index contributed by atoms with van der Waals surface area (Å²) in [5.74, 6) is 0.600. The number of carbonyl (C=O) groups excluding carboxylic acids is 1. The standard InChI is InChI=1S/C18H27NO2/c1-13(20)11-18(2,3)12-19-17(21)16(15-9-10-15)14-7-5-4-6-8-14/h4-8,13,15-16,20H,9-12H2,1-3H3,(H,19,21). The van der Waals surface area contributed by atoms with Crippen molar-refractivity contribution < 1.29 is 9.90 Å². The summed E-state index contributed by atoms with van der Waals surface area (Å²) < 4.78 is 0. The van der Waals surface area contributed by atoms with Crippen LogP contribution in [0.2, 0.25) is 0 Å². The monoisotopic (exact) mass is 289 g/mol. The average molecular weight is 289 g/mol. The molecule has 1 aliphatic rings. The predicted octanol–water partition coefficient (Wildman–Crippen LogP) is 3.09. The molecule has 0 saturated heterocycles. The summed E-state index contributed by atoms with van der Waals surface area (Å²) in [6, 6.07) is 10.1. The number of hydrogen-bond donors (Lipinski definition) is 2. The van der Waals surface area contributed by atoms with Gasteiger partial charge in [-0.3, -0.25) is 4.79 Å². The first-order chi connectivity index (χ1) is 9.89. The highest BCUT2D eigenvalue weighted by atomic mass is 16.3. The Hall–Kier alpha value is -1.35. The number of aliphatic hydroxyl groups is 1. The summed E-state index contributed by atoms with van der Waals surface area (Å²) in [7, 11) is 0. The van der Waals surface area contributed by atoms with Crippen molar-refractivity contribution in [3.8, 4) is 0 Å². The second kappa shape index (κ2) is 6.61. The summed E-state index contributed by atoms with van der Waals surface area (Å²) in [4.78, 5) is 12.6. The molecule has 0 aromatic heterocycles. The summed E-state index contributed by atoms with van der Waals surface area (Å²) in [5.41, 5.74) is 1.03. The van der Waals surface area contributed by atoms with Crippen LogP contribution in [-0.4, -0.2) is 23.7 Å². The fraction of sp³-hybridized carbons (Fsp3) is 0.611. The number of aliphatic hydroxyl groups excluding tert-OH is 1. The van der Waals surface area contributed by atoms with Crippen LogP contribution in [0.4, 0.5) is 0 Å². The largest absolute Gasteiger partial charge is 0.393 e. The molecule has 2 rings (SSSR count). The van der Waals surface area contributed by atoms with Gasteiger partial charge in [0.2, 0.25) is 5.91 Å². The second-order valence-corrected chi connectivity index (χ2v) is 7.16. The molecule has 2 atom stereocenters. The molecule has 1 aliphatic carbocycles. The molecule has 1 saturated carbocycles. The predicted molar refractivity (Wildman–Crippen MR) is 85.0 cm³/mol. The van der Waals surface area contributed by atoms with Crippen LogP contribution in [0.15, 0.2) is 30.3 Å². The van der Waals surface area contributed by atoms with Crippen LogP contribution < -0.4 is 5.32 Å². The van der Waals surface area contributed by atoms with Gasteiger partial charge in [-0.05, 0) is 43.1 Å². The highest BCUT2D eigenvalue weighted by molar-refractivity contribution is 5.84. The van der Waals surface area contributed by atoms with E-state index in [1.807, 2.05) is 30.3 Å². The average Bonchev–Trinajstić information content (AvgIpc) is 3.21. The van der Waals surface area contributed by atoms with Crippen molar-refractivity contribution in [3.05, 3.63) is 35.9 Å². The molecule has 0 spiro atoms. The summed E-state index contributed by atoms with van der Waals surface area (Å²) in [6.07, 6.45) is 2.63. The smallest absolute Gasteiger partial charge is 0.227 e. The van der Waals surface area contributed by atoms with Gasteiger partial charge in [0.05, 0.1) is 12.0 Å². The molecule has 1 aromatic rings. The molecule has 0 radical (unpaired) electrons. The lowest BCUT2D eigenvalue weighted by atomic mass is 9.86. The van der Waals surface area contributed by atoms with Crippen LogP contribution in [0.5, 0.6) is 0 Å². The molecular formula is C18H27NO2. The lowest BCUT2D eigenvalue weighted by Crippen LogP contribution is -2.38. The number of amides is 1. The van der Waals surface area contributed by atoms with Gasteiger partial charge in [-0.15, -0.1) is 0 Å². The fourth-order valence-electron chi connectivity index (χ4n) is 3.04. The van der Waals surface area contributed by atoms with Crippen LogP contribution in [0.25, 0.3) is 0 Å². The number of hydrogen-bond acceptors (Lipinski definition) is 2. The van der Waals surface area contributed by atoms with Gasteiger partial charge in [0.15, 0.2) is 0 Å². The molecule has 1 fully saturated rings. The third kappa shape index (κ3) is 4.85. The van der Waals surface area contributed by atoms with Gasteiger partial charge in [-0.1, -0.05) is 44.2 Å². The maximum absolute atomic E-state index is 12.6. The zero-order valence-electron chi connectivity index (χ0n) is 13.3. The Morgan fingerprint density at radius 1 is 1.33 bits per heavy atom. The van der Waals surface area contributed by atoms with E-state index in [-0.39, 0.29) is 23.3 Å². The van der Waals surface area contributed by atoms with Gasteiger partial charge in [-0.2, -0.15) is 0 Å². The zero-order chi connectivity index (χ0) is 15.5. The van der Waals surface area contributed by atoms with E-state index in [4.69, 9.17) is 0 Å². The molecule has 1 amide bonds. The van der Waals surface area contributed by atoms with E-state index >= 15 is 0 Å². The maximum Gasteiger partial charge on any atom is 0.227 e. The molecule has 3 heteroatoms. The van der Waals surface area contributed by atoms with Crippen LogP contribution in [0.3, 0.4) is 0 Å². The third-order valence-electron chi connectivity index (χ3n) is 4.12. The van der Waals surface area contributed by atoms with E-state index in [1.54, 1.807) is 6.92 Å². The Morgan fingerprint density at radius 3 is 2.48 bits per heavy atom. The van der Waals surface area contributed by atoms with Gasteiger partial charge in [0.25, 0.3) is 0 Å². The van der Waals surface area contributed by atoms with Crippen molar-refractivity contribution >= 4 is 5.91 Å². The van der Waals surface area contributed by atoms with Crippen molar-refractivity contribution in [1.82, 2.24) is 5.32 Å². The molecular weight excluding hydrogens is 262 g/mol. The van der Waals surface area contributed by atoms with E-state index in [9.17, 15) is 9.90 Å². The van der Waals surface area contributed by atoms with Crippen molar-refractivity contribution in [3.63, 3.8) is 0 Å². The normalized spacial score (nSPS) is 18.1. The molecule has 116 valence electrons. The molecule has 1 aromatic carbocycles. The first-order valence-electron chi connectivity index (χ1n) is 7.90. The van der Waals surface area contributed by atoms with Gasteiger partial charge in [-0.25, -0.2) is 0 Å². The van der Waals surface area contributed by atoms with E-state index in [1.165, 1.54) is 0 Å². The van der Waals surface area contributed by atoms with Crippen molar-refractivity contribution in [2.75, 3.05) is 6.54 Å². The van der Waals surface area contributed by atoms with Crippen LogP contribution in [0, 0.1) is 11.3 Å². The third-order valence-corrected chi connectivity index (χ3v) is 4.12. The van der Waals surface area contributed by atoms with Gasteiger partial charge >= 0.3 is 0 Å². The van der Waals surface area contributed by atoms with E-state index in [2.05, 4.69) is 19.2 Å². The van der Waals surface area contributed by atoms with Gasteiger partial charge < -0.3 is 10.4 Å². The summed E-state index contributed by atoms with van der Waals surface area (Å²) >= 11 is 0. The Balaban J connectivity index is 1.97. The molecule has 0 bridgehead atoms. The minimum Gasteiger partial charge on any atom is -0.393 e. The van der Waals surface area contributed by atoms with Gasteiger partial charge in [0.1, 0.15) is 0 Å². The van der Waals surface area contributed by atoms with E-state index in [0.29, 0.717) is 18.9 Å². The van der Waals surface area contributed by atoms with Crippen LogP contribution in [0.1, 0.15) is 51.5 Å². The SMILES string of the molecule is CC(O)CC(C)(C)CNC(=O)C(c1ccccc1)C1CC1. The highest BCUT2D eigenvalue weighted by Crippen LogP contribution is 2.42. The Bertz CT molecular complexity index is 463. The molecule has 2 N–H and O–H groups in total. The van der Waals surface area contributed by atoms with Crippen molar-refractivity contribution in [1.29, 1.82) is 0 Å². The topological polar surface area (TPSA) is 49.3 Å². The van der Waals surface area contributed by atoms with Crippen LogP contribution in [-0.2, 0) is 4.79 Å². The molecule has 21 heavy (non-hydrogen) atoms. The second-order valence-electron chi connectivity index (χ2n) is 7.16. The quantitative estimate of drug-likeness (QED) is 0.810. The summed E-state index contributed by atoms with van der Waals surface area (Å²) in [5, 5.41) is 12.6. The lowest BCUT2D eigenvalue weighted by Gasteiger charge is -2.27. The maximum atomic E-state index is 12.6. The zero-order valence-corrected chi connectivity index (χ0v) is 13.3. The molecule has 0 aliphatic heterocycles. The first kappa shape index (κ1) is 16.0. The summed E-state index contributed by atoms with van der Waals surface area (Å²) in [6.45, 7) is 6.55. The highest BCUT2D eigenvalue weighted by Gasteiger charge is 2.37. The minimum atomic E-state index is -0.342. The van der Waals surface area contributed by atoms with Crippen LogP contribution >= 0.6 is 0 Å². The first-order valence-corrected chi connectivity index (χ1v) is 7.90. The van der Waals surface area contributed by atoms with E-state index < -0.39 is 0 Å². The Kier molecular flexibility index (Phi) is 5.04. The Labute approximate surface area is 127 Å². The number of rotatable bonds is 7. The van der Waals surface area contributed by atoms with Crippen molar-refractivity contribution in [2.24, 2.45) is 11.3 Å². The fourth-order valence-corrected chi connectivity index (χ4v) is 3.04. The number of carbonyl (C=O) groups is 1. The van der Waals surface area contributed by atoms with E-state index in [0.717, 1.165) is 18.4 Å². The lowest BCUT2D eigenvalue weighted by molar-refractivity contribution is -0.123. The molecule has 2 unspecified atom stereocenters. The number of benzene rings is 1.